The summed E-state index contributed by atoms with van der Waals surface area (Å²) in [6.45, 7) is 3.95. The van der Waals surface area contributed by atoms with Crippen LogP contribution in [0.3, 0.4) is 0 Å². The Labute approximate surface area is 98.6 Å². The Hall–Kier alpha value is -1.23. The summed E-state index contributed by atoms with van der Waals surface area (Å²) in [5.41, 5.74) is 5.44. The van der Waals surface area contributed by atoms with Gasteiger partial charge in [-0.25, -0.2) is 0 Å². The zero-order valence-corrected chi connectivity index (χ0v) is 9.84. The number of hydrogen-bond acceptors (Lipinski definition) is 2. The van der Waals surface area contributed by atoms with Gasteiger partial charge in [-0.05, 0) is 44.0 Å². The molecule has 0 amide bonds. The maximum Gasteiger partial charge on any atom is 0.416 e. The predicted octanol–water partition coefficient (Wildman–Crippen LogP) is 2.99. The van der Waals surface area contributed by atoms with Gasteiger partial charge in [0.2, 0.25) is 0 Å². The highest BCUT2D eigenvalue weighted by atomic mass is 19.4. The summed E-state index contributed by atoms with van der Waals surface area (Å²) in [6, 6.07) is 3.27. The van der Waals surface area contributed by atoms with E-state index in [1.165, 1.54) is 6.07 Å². The van der Waals surface area contributed by atoms with E-state index in [0.29, 0.717) is 24.3 Å². The van der Waals surface area contributed by atoms with Crippen molar-refractivity contribution in [1.82, 2.24) is 0 Å². The van der Waals surface area contributed by atoms with Crippen molar-refractivity contribution in [1.29, 1.82) is 0 Å². The normalized spacial score (nSPS) is 13.5. The van der Waals surface area contributed by atoms with Gasteiger partial charge >= 0.3 is 6.18 Å². The van der Waals surface area contributed by atoms with E-state index in [4.69, 9.17) is 10.5 Å². The average Bonchev–Trinajstić information content (AvgIpc) is 2.18. The van der Waals surface area contributed by atoms with Crippen LogP contribution in [0.2, 0.25) is 0 Å². The van der Waals surface area contributed by atoms with Crippen molar-refractivity contribution in [2.45, 2.75) is 32.5 Å². The van der Waals surface area contributed by atoms with Gasteiger partial charge < -0.3 is 10.5 Å². The summed E-state index contributed by atoms with van der Waals surface area (Å²) < 4.78 is 42.9. The molecule has 0 heterocycles. The second kappa shape index (κ2) is 5.40. The summed E-state index contributed by atoms with van der Waals surface area (Å²) in [4.78, 5) is 0. The van der Waals surface area contributed by atoms with E-state index in [-0.39, 0.29) is 6.04 Å². The fourth-order valence-corrected chi connectivity index (χ4v) is 1.56. The fourth-order valence-electron chi connectivity index (χ4n) is 1.56. The highest BCUT2D eigenvalue weighted by molar-refractivity contribution is 5.39. The van der Waals surface area contributed by atoms with Gasteiger partial charge in [-0.2, -0.15) is 13.2 Å². The predicted molar refractivity (Wildman–Crippen MR) is 60.0 cm³/mol. The van der Waals surface area contributed by atoms with Gasteiger partial charge in [-0.15, -0.1) is 0 Å². The van der Waals surface area contributed by atoms with Crippen molar-refractivity contribution in [3.05, 3.63) is 29.3 Å². The number of alkyl halides is 3. The molecule has 0 aliphatic carbocycles. The zero-order valence-electron chi connectivity index (χ0n) is 9.84. The van der Waals surface area contributed by atoms with Crippen LogP contribution in [0.25, 0.3) is 0 Å². The van der Waals surface area contributed by atoms with Crippen LogP contribution in [0.4, 0.5) is 13.2 Å². The highest BCUT2D eigenvalue weighted by Crippen LogP contribution is 2.32. The van der Waals surface area contributed by atoms with Crippen LogP contribution in [0.1, 0.15) is 25.0 Å². The third kappa shape index (κ3) is 3.93. The molecule has 1 aromatic rings. The van der Waals surface area contributed by atoms with Gasteiger partial charge in [0.15, 0.2) is 0 Å². The zero-order chi connectivity index (χ0) is 13.1. The van der Waals surface area contributed by atoms with E-state index < -0.39 is 11.7 Å². The Morgan fingerprint density at radius 2 is 2.00 bits per heavy atom. The number of halogens is 3. The first-order valence-corrected chi connectivity index (χ1v) is 5.43. The maximum absolute atomic E-state index is 12.6. The SMILES string of the molecule is CCOc1ccc(C(F)(F)F)cc1CC(C)N. The van der Waals surface area contributed by atoms with Crippen molar-refractivity contribution >= 4 is 0 Å². The molecule has 1 rings (SSSR count). The molecule has 1 unspecified atom stereocenters. The number of nitrogens with two attached hydrogens (primary N) is 1. The molecule has 0 aliphatic heterocycles. The minimum atomic E-state index is -4.34. The Morgan fingerprint density at radius 1 is 1.35 bits per heavy atom. The molecule has 5 heteroatoms. The molecule has 2 N–H and O–H groups in total. The van der Waals surface area contributed by atoms with Crippen LogP contribution in [-0.4, -0.2) is 12.6 Å². The lowest BCUT2D eigenvalue weighted by molar-refractivity contribution is -0.137. The van der Waals surface area contributed by atoms with Crippen LogP contribution in [0, 0.1) is 0 Å². The van der Waals surface area contributed by atoms with Crippen LogP contribution in [0.15, 0.2) is 18.2 Å². The molecule has 96 valence electrons. The first-order chi connectivity index (χ1) is 7.84. The van der Waals surface area contributed by atoms with Gasteiger partial charge in [0, 0.05) is 6.04 Å². The monoisotopic (exact) mass is 247 g/mol. The second-order valence-corrected chi connectivity index (χ2v) is 3.93. The number of rotatable bonds is 4. The maximum atomic E-state index is 12.6. The molecule has 0 spiro atoms. The summed E-state index contributed by atoms with van der Waals surface area (Å²) in [5, 5.41) is 0. The Balaban J connectivity index is 3.09. The molecule has 2 nitrogen and oxygen atoms in total. The second-order valence-electron chi connectivity index (χ2n) is 3.93. The van der Waals surface area contributed by atoms with Gasteiger partial charge in [0.05, 0.1) is 12.2 Å². The molecule has 0 bridgehead atoms. The fraction of sp³-hybridized carbons (Fsp3) is 0.500. The smallest absolute Gasteiger partial charge is 0.416 e. The van der Waals surface area contributed by atoms with E-state index in [0.717, 1.165) is 12.1 Å². The van der Waals surface area contributed by atoms with Crippen LogP contribution in [0.5, 0.6) is 5.75 Å². The topological polar surface area (TPSA) is 35.2 Å². The Bertz CT molecular complexity index is 375. The average molecular weight is 247 g/mol. The summed E-state index contributed by atoms with van der Waals surface area (Å²) in [5.74, 6) is 0.470. The minimum absolute atomic E-state index is 0.210. The van der Waals surface area contributed by atoms with Crippen molar-refractivity contribution in [2.24, 2.45) is 5.73 Å². The van der Waals surface area contributed by atoms with Gasteiger partial charge in [-0.3, -0.25) is 0 Å². The summed E-state index contributed by atoms with van der Waals surface area (Å²) in [7, 11) is 0. The molecule has 0 saturated heterocycles. The molecule has 0 radical (unpaired) electrons. The molecule has 1 aromatic carbocycles. The van der Waals surface area contributed by atoms with E-state index in [1.807, 2.05) is 0 Å². The van der Waals surface area contributed by atoms with Crippen molar-refractivity contribution in [2.75, 3.05) is 6.61 Å². The van der Waals surface area contributed by atoms with Crippen LogP contribution >= 0.6 is 0 Å². The van der Waals surface area contributed by atoms with E-state index in [1.54, 1.807) is 13.8 Å². The van der Waals surface area contributed by atoms with Crippen molar-refractivity contribution < 1.29 is 17.9 Å². The molecule has 0 fully saturated rings. The number of benzene rings is 1. The molecular formula is C12H16F3NO. The minimum Gasteiger partial charge on any atom is -0.494 e. The number of hydrogen-bond donors (Lipinski definition) is 1. The van der Waals surface area contributed by atoms with Gasteiger partial charge in [0.1, 0.15) is 5.75 Å². The van der Waals surface area contributed by atoms with Crippen LogP contribution < -0.4 is 10.5 Å². The summed E-state index contributed by atoms with van der Waals surface area (Å²) in [6.07, 6.45) is -3.98. The Morgan fingerprint density at radius 3 is 2.47 bits per heavy atom. The van der Waals surface area contributed by atoms with E-state index >= 15 is 0 Å². The third-order valence-electron chi connectivity index (χ3n) is 2.23. The lowest BCUT2D eigenvalue weighted by atomic mass is 10.0. The van der Waals surface area contributed by atoms with Crippen molar-refractivity contribution in [3.63, 3.8) is 0 Å². The van der Waals surface area contributed by atoms with E-state index in [2.05, 4.69) is 0 Å². The lowest BCUT2D eigenvalue weighted by Crippen LogP contribution is -2.19. The number of ether oxygens (including phenoxy) is 1. The van der Waals surface area contributed by atoms with Crippen LogP contribution in [-0.2, 0) is 12.6 Å². The lowest BCUT2D eigenvalue weighted by Gasteiger charge is -2.15. The van der Waals surface area contributed by atoms with Gasteiger partial charge in [0.25, 0.3) is 0 Å². The Kier molecular flexibility index (Phi) is 4.40. The quantitative estimate of drug-likeness (QED) is 0.887. The first-order valence-electron chi connectivity index (χ1n) is 5.43. The first kappa shape index (κ1) is 13.8. The molecule has 17 heavy (non-hydrogen) atoms. The van der Waals surface area contributed by atoms with E-state index in [9.17, 15) is 13.2 Å². The summed E-state index contributed by atoms with van der Waals surface area (Å²) >= 11 is 0. The molecule has 1 atom stereocenters. The molecule has 0 aromatic heterocycles. The molecular weight excluding hydrogens is 231 g/mol. The standard InChI is InChI=1S/C12H16F3NO/c1-3-17-11-5-4-10(12(13,14)15)7-9(11)6-8(2)16/h4-5,7-8H,3,6,16H2,1-2H3. The largest absolute Gasteiger partial charge is 0.494 e. The van der Waals surface area contributed by atoms with Gasteiger partial charge in [-0.1, -0.05) is 0 Å². The third-order valence-corrected chi connectivity index (χ3v) is 2.23. The van der Waals surface area contributed by atoms with Crippen molar-refractivity contribution in [3.8, 4) is 5.75 Å². The highest BCUT2D eigenvalue weighted by Gasteiger charge is 2.31. The molecule has 0 saturated carbocycles. The molecule has 0 aliphatic rings.